The molecular weight excluding hydrogens is 314 g/mol. The number of amides is 1. The van der Waals surface area contributed by atoms with Crippen LogP contribution in [0.25, 0.3) is 0 Å². The van der Waals surface area contributed by atoms with Crippen LogP contribution in [0.3, 0.4) is 0 Å². The first kappa shape index (κ1) is 15.3. The molecule has 110 valence electrons. The topological polar surface area (TPSA) is 101 Å². The lowest BCUT2D eigenvalue weighted by Crippen LogP contribution is -2.30. The summed E-state index contributed by atoms with van der Waals surface area (Å²) in [6, 6.07) is 11.8. The summed E-state index contributed by atoms with van der Waals surface area (Å²) in [5.41, 5.74) is 2.42. The van der Waals surface area contributed by atoms with Crippen LogP contribution in [0.4, 0.5) is 5.69 Å². The molecule has 6 nitrogen and oxygen atoms in total. The molecule has 0 spiro atoms. The maximum Gasteiger partial charge on any atom is 0.265 e. The average molecular weight is 326 g/mol. The van der Waals surface area contributed by atoms with E-state index in [2.05, 4.69) is 4.72 Å². The van der Waals surface area contributed by atoms with Crippen molar-refractivity contribution in [1.82, 2.24) is 5.43 Å². The van der Waals surface area contributed by atoms with E-state index in [0.717, 1.165) is 0 Å². The van der Waals surface area contributed by atoms with Crippen LogP contribution in [0.15, 0.2) is 53.4 Å². The number of sulfonamides is 1. The number of carbonyl (C=O) groups excluding carboxylic acids is 1. The van der Waals surface area contributed by atoms with Crippen molar-refractivity contribution >= 4 is 33.2 Å². The molecule has 0 saturated carbocycles. The summed E-state index contributed by atoms with van der Waals surface area (Å²) in [5, 5.41) is 0.409. The van der Waals surface area contributed by atoms with Crippen molar-refractivity contribution in [2.24, 2.45) is 5.84 Å². The van der Waals surface area contributed by atoms with E-state index in [0.29, 0.717) is 10.7 Å². The van der Waals surface area contributed by atoms with Crippen molar-refractivity contribution in [3.63, 3.8) is 0 Å². The third-order valence-electron chi connectivity index (χ3n) is 2.61. The third-order valence-corrected chi connectivity index (χ3v) is 4.23. The van der Waals surface area contributed by atoms with Gasteiger partial charge in [0.1, 0.15) is 0 Å². The van der Waals surface area contributed by atoms with Crippen molar-refractivity contribution in [3.05, 3.63) is 59.1 Å². The normalized spacial score (nSPS) is 11.0. The molecule has 2 rings (SSSR count). The minimum Gasteiger partial charge on any atom is -0.290 e. The highest BCUT2D eigenvalue weighted by Crippen LogP contribution is 2.20. The van der Waals surface area contributed by atoms with E-state index in [9.17, 15) is 13.2 Å². The first-order valence-electron chi connectivity index (χ1n) is 5.82. The van der Waals surface area contributed by atoms with Crippen LogP contribution in [0.1, 0.15) is 10.4 Å². The number of halogens is 1. The van der Waals surface area contributed by atoms with Gasteiger partial charge in [-0.3, -0.25) is 14.9 Å². The lowest BCUT2D eigenvalue weighted by molar-refractivity contribution is 0.0953. The van der Waals surface area contributed by atoms with Crippen molar-refractivity contribution in [3.8, 4) is 0 Å². The van der Waals surface area contributed by atoms with E-state index in [1.165, 1.54) is 30.3 Å². The molecule has 0 fully saturated rings. The molecule has 8 heteroatoms. The molecule has 0 unspecified atom stereocenters. The Morgan fingerprint density at radius 3 is 2.48 bits per heavy atom. The minimum atomic E-state index is -3.82. The zero-order valence-electron chi connectivity index (χ0n) is 10.7. The van der Waals surface area contributed by atoms with Gasteiger partial charge in [-0.1, -0.05) is 23.7 Å². The van der Waals surface area contributed by atoms with E-state index < -0.39 is 15.9 Å². The van der Waals surface area contributed by atoms with Crippen LogP contribution in [0.2, 0.25) is 5.02 Å². The number of rotatable bonds is 4. The smallest absolute Gasteiger partial charge is 0.265 e. The van der Waals surface area contributed by atoms with E-state index in [-0.39, 0.29) is 10.5 Å². The quantitative estimate of drug-likeness (QED) is 0.453. The van der Waals surface area contributed by atoms with Crippen LogP contribution >= 0.6 is 11.6 Å². The molecule has 0 bridgehead atoms. The van der Waals surface area contributed by atoms with Crippen molar-refractivity contribution < 1.29 is 13.2 Å². The number of hydrazine groups is 1. The first-order chi connectivity index (χ1) is 9.92. The predicted molar refractivity (Wildman–Crippen MR) is 80.4 cm³/mol. The van der Waals surface area contributed by atoms with Crippen LogP contribution in [-0.2, 0) is 10.0 Å². The molecular formula is C13H12ClN3O3S. The third kappa shape index (κ3) is 3.72. The Bertz CT molecular complexity index is 778. The lowest BCUT2D eigenvalue weighted by atomic mass is 10.2. The fraction of sp³-hybridized carbons (Fsp3) is 0. The van der Waals surface area contributed by atoms with Crippen LogP contribution in [0.5, 0.6) is 0 Å². The van der Waals surface area contributed by atoms with Gasteiger partial charge in [-0.25, -0.2) is 14.3 Å². The van der Waals surface area contributed by atoms with Crippen molar-refractivity contribution in [2.45, 2.75) is 4.90 Å². The highest BCUT2D eigenvalue weighted by molar-refractivity contribution is 7.92. The summed E-state index contributed by atoms with van der Waals surface area (Å²) in [6.07, 6.45) is 0. The van der Waals surface area contributed by atoms with Crippen LogP contribution in [0, 0.1) is 0 Å². The largest absolute Gasteiger partial charge is 0.290 e. The number of nitrogens with two attached hydrogens (primary N) is 1. The van der Waals surface area contributed by atoms with Gasteiger partial charge >= 0.3 is 0 Å². The minimum absolute atomic E-state index is 0.0522. The van der Waals surface area contributed by atoms with E-state index in [1.54, 1.807) is 18.2 Å². The van der Waals surface area contributed by atoms with E-state index in [1.807, 2.05) is 5.43 Å². The molecule has 21 heavy (non-hydrogen) atoms. The zero-order chi connectivity index (χ0) is 15.5. The zero-order valence-corrected chi connectivity index (χ0v) is 12.3. The second-order valence-electron chi connectivity index (χ2n) is 4.12. The monoisotopic (exact) mass is 325 g/mol. The maximum absolute atomic E-state index is 12.3. The van der Waals surface area contributed by atoms with Gasteiger partial charge in [0.05, 0.1) is 10.6 Å². The molecule has 0 radical (unpaired) electrons. The number of hydrogen-bond donors (Lipinski definition) is 3. The van der Waals surface area contributed by atoms with Gasteiger partial charge in [0, 0.05) is 10.6 Å². The number of nitrogen functional groups attached to an aromatic ring is 1. The second kappa shape index (κ2) is 6.13. The second-order valence-corrected chi connectivity index (χ2v) is 6.24. The van der Waals surface area contributed by atoms with Gasteiger partial charge in [-0.2, -0.15) is 0 Å². The average Bonchev–Trinajstić information content (AvgIpc) is 2.46. The molecule has 0 atom stereocenters. The molecule has 0 heterocycles. The molecule has 0 aliphatic rings. The molecule has 0 aliphatic heterocycles. The van der Waals surface area contributed by atoms with Gasteiger partial charge in [0.2, 0.25) is 0 Å². The fourth-order valence-electron chi connectivity index (χ4n) is 1.65. The van der Waals surface area contributed by atoms with Gasteiger partial charge < -0.3 is 0 Å². The summed E-state index contributed by atoms with van der Waals surface area (Å²) < 4.78 is 26.9. The maximum atomic E-state index is 12.3. The van der Waals surface area contributed by atoms with Gasteiger partial charge in [0.15, 0.2) is 0 Å². The first-order valence-corrected chi connectivity index (χ1v) is 7.68. The lowest BCUT2D eigenvalue weighted by Gasteiger charge is -2.09. The Morgan fingerprint density at radius 2 is 1.81 bits per heavy atom. The number of carbonyl (C=O) groups is 1. The molecule has 2 aromatic rings. The molecule has 2 aromatic carbocycles. The number of nitrogens with one attached hydrogen (secondary N) is 2. The molecule has 0 aromatic heterocycles. The Kier molecular flexibility index (Phi) is 4.46. The summed E-state index contributed by atoms with van der Waals surface area (Å²) in [6.45, 7) is 0. The summed E-state index contributed by atoms with van der Waals surface area (Å²) >= 11 is 5.80. The standard InChI is InChI=1S/C13H12ClN3O3S/c14-10-4-2-5-11(8-10)17-21(19,20)12-6-1-3-9(7-12)13(18)16-15/h1-8,17H,15H2,(H,16,18). The molecule has 0 aliphatic carbocycles. The van der Waals surface area contributed by atoms with E-state index >= 15 is 0 Å². The molecule has 0 saturated heterocycles. The highest BCUT2D eigenvalue weighted by Gasteiger charge is 2.16. The molecule has 1 amide bonds. The Hall–Kier alpha value is -2.09. The number of benzene rings is 2. The van der Waals surface area contributed by atoms with Crippen LogP contribution in [-0.4, -0.2) is 14.3 Å². The molecule has 4 N–H and O–H groups in total. The summed E-state index contributed by atoms with van der Waals surface area (Å²) in [4.78, 5) is 11.4. The SMILES string of the molecule is NNC(=O)c1cccc(S(=O)(=O)Nc2cccc(Cl)c2)c1. The Labute approximate surface area is 126 Å². The Balaban J connectivity index is 2.33. The van der Waals surface area contributed by atoms with Gasteiger partial charge in [-0.05, 0) is 36.4 Å². The Morgan fingerprint density at radius 1 is 1.10 bits per heavy atom. The van der Waals surface area contributed by atoms with Crippen molar-refractivity contribution in [2.75, 3.05) is 4.72 Å². The number of hydrogen-bond acceptors (Lipinski definition) is 4. The van der Waals surface area contributed by atoms with E-state index in [4.69, 9.17) is 17.4 Å². The van der Waals surface area contributed by atoms with Gasteiger partial charge in [0.25, 0.3) is 15.9 Å². The summed E-state index contributed by atoms with van der Waals surface area (Å²) in [5.74, 6) is 4.45. The number of anilines is 1. The van der Waals surface area contributed by atoms with Crippen LogP contribution < -0.4 is 16.0 Å². The van der Waals surface area contributed by atoms with Crippen molar-refractivity contribution in [1.29, 1.82) is 0 Å². The fourth-order valence-corrected chi connectivity index (χ4v) is 2.94. The predicted octanol–water partition coefficient (Wildman–Crippen LogP) is 1.74. The highest BCUT2D eigenvalue weighted by atomic mass is 35.5. The van der Waals surface area contributed by atoms with Gasteiger partial charge in [-0.15, -0.1) is 0 Å². The summed E-state index contributed by atoms with van der Waals surface area (Å²) in [7, 11) is -3.82.